The topological polar surface area (TPSA) is 74.0 Å². The van der Waals surface area contributed by atoms with E-state index in [0.29, 0.717) is 17.4 Å². The van der Waals surface area contributed by atoms with E-state index in [9.17, 15) is 9.90 Å². The Labute approximate surface area is 97.8 Å². The summed E-state index contributed by atoms with van der Waals surface area (Å²) < 4.78 is 0. The Morgan fingerprint density at radius 1 is 1.29 bits per heavy atom. The molecule has 0 amide bonds. The number of benzene rings is 1. The van der Waals surface area contributed by atoms with Crippen LogP contribution in [0.15, 0.2) is 36.5 Å². The Hall–Kier alpha value is -2.67. The van der Waals surface area contributed by atoms with Crippen LogP contribution in [-0.4, -0.2) is 16.4 Å². The van der Waals surface area contributed by atoms with E-state index in [2.05, 4.69) is 4.98 Å². The van der Waals surface area contributed by atoms with Gasteiger partial charge in [-0.15, -0.1) is 0 Å². The molecule has 0 fully saturated rings. The van der Waals surface area contributed by atoms with Crippen molar-refractivity contribution < 1.29 is 9.90 Å². The third kappa shape index (κ3) is 2.13. The molecular formula is C13H8N2O2. The predicted octanol–water partition coefficient (Wildman–Crippen LogP) is 2.14. The second kappa shape index (κ2) is 4.45. The fraction of sp³-hybridized carbons (Fsp3) is 0. The van der Waals surface area contributed by atoms with Gasteiger partial charge in [-0.3, -0.25) is 4.79 Å². The van der Waals surface area contributed by atoms with Crippen LogP contribution in [-0.2, 0) is 0 Å². The molecule has 17 heavy (non-hydrogen) atoms. The molecule has 0 spiro atoms. The predicted molar refractivity (Wildman–Crippen MR) is 61.4 cm³/mol. The van der Waals surface area contributed by atoms with Crippen molar-refractivity contribution in [3.05, 3.63) is 47.8 Å². The van der Waals surface area contributed by atoms with Crippen molar-refractivity contribution >= 4 is 6.29 Å². The van der Waals surface area contributed by atoms with Gasteiger partial charge in [-0.2, -0.15) is 5.26 Å². The molecule has 1 N–H and O–H groups in total. The normalized spacial score (nSPS) is 9.59. The number of rotatable bonds is 2. The second-order valence-corrected chi connectivity index (χ2v) is 3.44. The summed E-state index contributed by atoms with van der Waals surface area (Å²) in [5, 5.41) is 18.3. The van der Waals surface area contributed by atoms with Gasteiger partial charge in [0.25, 0.3) is 0 Å². The molecule has 0 saturated carbocycles. The molecule has 1 heterocycles. The lowest BCUT2D eigenvalue weighted by atomic mass is 10.0. The largest absolute Gasteiger partial charge is 0.506 e. The highest BCUT2D eigenvalue weighted by atomic mass is 16.3. The summed E-state index contributed by atoms with van der Waals surface area (Å²) in [6, 6.07) is 10.4. The van der Waals surface area contributed by atoms with Crippen molar-refractivity contribution in [1.82, 2.24) is 4.98 Å². The SMILES string of the molecule is N#Cc1cccc(-c2cnc(C=O)c(O)c2)c1. The van der Waals surface area contributed by atoms with Crippen molar-refractivity contribution in [1.29, 1.82) is 5.26 Å². The van der Waals surface area contributed by atoms with Gasteiger partial charge < -0.3 is 5.11 Å². The molecule has 0 atom stereocenters. The summed E-state index contributed by atoms with van der Waals surface area (Å²) >= 11 is 0. The lowest BCUT2D eigenvalue weighted by Gasteiger charge is -2.03. The molecule has 0 aliphatic carbocycles. The van der Waals surface area contributed by atoms with E-state index >= 15 is 0 Å². The van der Waals surface area contributed by atoms with E-state index in [-0.39, 0.29) is 11.4 Å². The molecule has 0 radical (unpaired) electrons. The number of hydrogen-bond donors (Lipinski definition) is 1. The molecule has 0 aliphatic heterocycles. The number of pyridine rings is 1. The minimum atomic E-state index is -0.167. The smallest absolute Gasteiger partial charge is 0.172 e. The Morgan fingerprint density at radius 3 is 2.76 bits per heavy atom. The van der Waals surface area contributed by atoms with Crippen molar-refractivity contribution in [2.45, 2.75) is 0 Å². The molecule has 2 rings (SSSR count). The molecule has 1 aromatic carbocycles. The summed E-state index contributed by atoms with van der Waals surface area (Å²) in [5.41, 5.74) is 1.96. The standard InChI is InChI=1S/C13H8N2O2/c14-6-9-2-1-3-10(4-9)11-5-13(17)12(8-16)15-7-11/h1-5,7-8,17H. The van der Waals surface area contributed by atoms with Crippen molar-refractivity contribution in [2.75, 3.05) is 0 Å². The van der Waals surface area contributed by atoms with Crippen LogP contribution in [0.5, 0.6) is 5.75 Å². The van der Waals surface area contributed by atoms with Crippen LogP contribution in [0.1, 0.15) is 16.1 Å². The molecule has 4 heteroatoms. The van der Waals surface area contributed by atoms with Gasteiger partial charge in [-0.25, -0.2) is 4.98 Å². The van der Waals surface area contributed by atoms with Gasteiger partial charge in [0.15, 0.2) is 6.29 Å². The lowest BCUT2D eigenvalue weighted by Crippen LogP contribution is -1.89. The Bertz CT molecular complexity index is 615. The summed E-state index contributed by atoms with van der Waals surface area (Å²) in [6.45, 7) is 0. The van der Waals surface area contributed by atoms with Crippen molar-refractivity contribution in [3.63, 3.8) is 0 Å². The summed E-state index contributed by atoms with van der Waals surface area (Å²) in [7, 11) is 0. The van der Waals surface area contributed by atoms with Crippen LogP contribution in [0.3, 0.4) is 0 Å². The minimum Gasteiger partial charge on any atom is -0.506 e. The number of aromatic hydroxyl groups is 1. The number of aldehydes is 1. The fourth-order valence-corrected chi connectivity index (χ4v) is 1.48. The zero-order valence-corrected chi connectivity index (χ0v) is 8.79. The highest BCUT2D eigenvalue weighted by Gasteiger charge is 2.05. The first-order chi connectivity index (χ1) is 8.24. The van der Waals surface area contributed by atoms with E-state index in [4.69, 9.17) is 5.26 Å². The van der Waals surface area contributed by atoms with Gasteiger partial charge in [0.1, 0.15) is 11.4 Å². The van der Waals surface area contributed by atoms with Crippen LogP contribution < -0.4 is 0 Å². The molecule has 0 saturated heterocycles. The summed E-state index contributed by atoms with van der Waals surface area (Å²) in [4.78, 5) is 14.3. The maximum Gasteiger partial charge on any atom is 0.172 e. The van der Waals surface area contributed by atoms with Gasteiger partial charge in [0.05, 0.1) is 11.6 Å². The molecular weight excluding hydrogens is 216 g/mol. The van der Waals surface area contributed by atoms with Gasteiger partial charge in [0, 0.05) is 11.8 Å². The van der Waals surface area contributed by atoms with Gasteiger partial charge in [0.2, 0.25) is 0 Å². The van der Waals surface area contributed by atoms with Crippen molar-refractivity contribution in [3.8, 4) is 22.9 Å². The fourth-order valence-electron chi connectivity index (χ4n) is 1.48. The van der Waals surface area contributed by atoms with Gasteiger partial charge in [-0.05, 0) is 23.8 Å². The number of carbonyl (C=O) groups is 1. The van der Waals surface area contributed by atoms with E-state index < -0.39 is 0 Å². The number of nitriles is 1. The molecule has 1 aromatic heterocycles. The Balaban J connectivity index is 2.50. The highest BCUT2D eigenvalue weighted by molar-refractivity contribution is 5.78. The van der Waals surface area contributed by atoms with Crippen LogP contribution in [0, 0.1) is 11.3 Å². The van der Waals surface area contributed by atoms with E-state index in [1.807, 2.05) is 6.07 Å². The molecule has 0 aliphatic rings. The monoisotopic (exact) mass is 224 g/mol. The molecule has 2 aromatic rings. The van der Waals surface area contributed by atoms with Crippen molar-refractivity contribution in [2.24, 2.45) is 0 Å². The molecule has 4 nitrogen and oxygen atoms in total. The quantitative estimate of drug-likeness (QED) is 0.793. The van der Waals surface area contributed by atoms with Gasteiger partial charge in [-0.1, -0.05) is 12.1 Å². The summed E-state index contributed by atoms with van der Waals surface area (Å²) in [6.07, 6.45) is 1.98. The number of hydrogen-bond acceptors (Lipinski definition) is 4. The third-order valence-corrected chi connectivity index (χ3v) is 2.33. The first-order valence-corrected chi connectivity index (χ1v) is 4.89. The minimum absolute atomic E-state index is 0.00480. The van der Waals surface area contributed by atoms with Gasteiger partial charge >= 0.3 is 0 Å². The third-order valence-electron chi connectivity index (χ3n) is 2.33. The van der Waals surface area contributed by atoms with E-state index in [1.165, 1.54) is 12.3 Å². The van der Waals surface area contributed by atoms with E-state index in [1.54, 1.807) is 24.3 Å². The number of aromatic nitrogens is 1. The number of nitrogens with zero attached hydrogens (tertiary/aromatic N) is 2. The first-order valence-electron chi connectivity index (χ1n) is 4.89. The Kier molecular flexibility index (Phi) is 2.84. The molecule has 82 valence electrons. The van der Waals surface area contributed by atoms with Crippen LogP contribution >= 0.6 is 0 Å². The van der Waals surface area contributed by atoms with E-state index in [0.717, 1.165) is 5.56 Å². The average Bonchev–Trinajstić information content (AvgIpc) is 2.38. The zero-order valence-electron chi connectivity index (χ0n) is 8.79. The molecule has 0 bridgehead atoms. The van der Waals surface area contributed by atoms with Crippen LogP contribution in [0.4, 0.5) is 0 Å². The first kappa shape index (κ1) is 10.8. The Morgan fingerprint density at radius 2 is 2.12 bits per heavy atom. The average molecular weight is 224 g/mol. The second-order valence-electron chi connectivity index (χ2n) is 3.44. The van der Waals surface area contributed by atoms with Crippen LogP contribution in [0.25, 0.3) is 11.1 Å². The molecule has 0 unspecified atom stereocenters. The zero-order chi connectivity index (χ0) is 12.3. The summed E-state index contributed by atoms with van der Waals surface area (Å²) in [5.74, 6) is -0.167. The highest BCUT2D eigenvalue weighted by Crippen LogP contribution is 2.24. The van der Waals surface area contributed by atoms with Crippen LogP contribution in [0.2, 0.25) is 0 Å². The lowest BCUT2D eigenvalue weighted by molar-refractivity contribution is 0.111. The maximum atomic E-state index is 10.5. The maximum absolute atomic E-state index is 10.5. The number of carbonyl (C=O) groups excluding carboxylic acids is 1.